The van der Waals surface area contributed by atoms with E-state index in [0.29, 0.717) is 24.4 Å². The molecule has 1 aromatic carbocycles. The third kappa shape index (κ3) is 3.09. The van der Waals surface area contributed by atoms with Gasteiger partial charge in [0.05, 0.1) is 12.8 Å². The summed E-state index contributed by atoms with van der Waals surface area (Å²) in [6.07, 6.45) is 0.701. The van der Waals surface area contributed by atoms with E-state index in [2.05, 4.69) is 20.7 Å². The molecular formula is C13H16N4O2. The summed E-state index contributed by atoms with van der Waals surface area (Å²) in [7, 11) is 1.64. The molecule has 1 amide bonds. The van der Waals surface area contributed by atoms with E-state index in [-0.39, 0.29) is 5.91 Å². The SMILES string of the molecule is COc1ccccc1CCNC(=O)c1n[nH]nc1C. The van der Waals surface area contributed by atoms with Crippen LogP contribution in [0.5, 0.6) is 5.75 Å². The molecule has 0 fully saturated rings. The largest absolute Gasteiger partial charge is 0.496 e. The Labute approximate surface area is 111 Å². The first kappa shape index (κ1) is 13.1. The number of carbonyl (C=O) groups excluding carboxylic acids is 1. The number of H-pyrrole nitrogens is 1. The van der Waals surface area contributed by atoms with Crippen LogP contribution >= 0.6 is 0 Å². The zero-order valence-electron chi connectivity index (χ0n) is 10.9. The maximum absolute atomic E-state index is 11.8. The summed E-state index contributed by atoms with van der Waals surface area (Å²) < 4.78 is 5.25. The number of rotatable bonds is 5. The van der Waals surface area contributed by atoms with Gasteiger partial charge in [-0.1, -0.05) is 18.2 Å². The molecule has 0 radical (unpaired) electrons. The lowest BCUT2D eigenvalue weighted by Crippen LogP contribution is -2.26. The Morgan fingerprint density at radius 2 is 2.16 bits per heavy atom. The number of methoxy groups -OCH3 is 1. The molecule has 2 N–H and O–H groups in total. The average molecular weight is 260 g/mol. The molecule has 2 rings (SSSR count). The van der Waals surface area contributed by atoms with E-state index in [4.69, 9.17) is 4.74 Å². The van der Waals surface area contributed by atoms with Crippen LogP contribution in [0.2, 0.25) is 0 Å². The van der Waals surface area contributed by atoms with E-state index in [0.717, 1.165) is 11.3 Å². The van der Waals surface area contributed by atoms with Crippen molar-refractivity contribution in [2.75, 3.05) is 13.7 Å². The van der Waals surface area contributed by atoms with Gasteiger partial charge < -0.3 is 10.1 Å². The van der Waals surface area contributed by atoms with Crippen LogP contribution in [-0.2, 0) is 6.42 Å². The number of amides is 1. The number of nitrogens with one attached hydrogen (secondary N) is 2. The molecular weight excluding hydrogens is 244 g/mol. The first-order valence-electron chi connectivity index (χ1n) is 6.00. The van der Waals surface area contributed by atoms with Crippen molar-refractivity contribution in [1.29, 1.82) is 0 Å². The highest BCUT2D eigenvalue weighted by Crippen LogP contribution is 2.17. The van der Waals surface area contributed by atoms with E-state index in [1.54, 1.807) is 14.0 Å². The molecule has 6 nitrogen and oxygen atoms in total. The monoisotopic (exact) mass is 260 g/mol. The highest BCUT2D eigenvalue weighted by Gasteiger charge is 2.12. The van der Waals surface area contributed by atoms with Crippen LogP contribution in [0.25, 0.3) is 0 Å². The van der Waals surface area contributed by atoms with Crippen LogP contribution in [0.4, 0.5) is 0 Å². The predicted molar refractivity (Wildman–Crippen MR) is 70.2 cm³/mol. The molecule has 0 atom stereocenters. The van der Waals surface area contributed by atoms with Crippen molar-refractivity contribution in [1.82, 2.24) is 20.7 Å². The molecule has 2 aromatic rings. The van der Waals surface area contributed by atoms with Gasteiger partial charge in [-0.25, -0.2) is 0 Å². The third-order valence-electron chi connectivity index (χ3n) is 2.81. The minimum absolute atomic E-state index is 0.221. The van der Waals surface area contributed by atoms with Crippen molar-refractivity contribution >= 4 is 5.91 Å². The number of hydrogen-bond acceptors (Lipinski definition) is 4. The Hall–Kier alpha value is -2.37. The summed E-state index contributed by atoms with van der Waals surface area (Å²) in [5.74, 6) is 0.607. The van der Waals surface area contributed by atoms with Crippen molar-refractivity contribution in [2.24, 2.45) is 0 Å². The highest BCUT2D eigenvalue weighted by atomic mass is 16.5. The van der Waals surface area contributed by atoms with Gasteiger partial charge in [-0.2, -0.15) is 15.4 Å². The predicted octanol–water partition coefficient (Wildman–Crippen LogP) is 1.09. The average Bonchev–Trinajstić information content (AvgIpc) is 2.85. The lowest BCUT2D eigenvalue weighted by molar-refractivity contribution is 0.0948. The zero-order chi connectivity index (χ0) is 13.7. The maximum Gasteiger partial charge on any atom is 0.273 e. The van der Waals surface area contributed by atoms with Gasteiger partial charge in [-0.3, -0.25) is 4.79 Å². The first-order valence-corrected chi connectivity index (χ1v) is 6.00. The fourth-order valence-corrected chi connectivity index (χ4v) is 1.80. The Morgan fingerprint density at radius 3 is 2.84 bits per heavy atom. The molecule has 0 aliphatic rings. The number of aromatic nitrogens is 3. The number of benzene rings is 1. The second-order valence-corrected chi connectivity index (χ2v) is 4.08. The molecule has 0 saturated heterocycles. The zero-order valence-corrected chi connectivity index (χ0v) is 10.9. The topological polar surface area (TPSA) is 79.9 Å². The minimum atomic E-state index is -0.221. The van der Waals surface area contributed by atoms with Crippen molar-refractivity contribution in [3.63, 3.8) is 0 Å². The van der Waals surface area contributed by atoms with Crippen LogP contribution in [0.15, 0.2) is 24.3 Å². The minimum Gasteiger partial charge on any atom is -0.496 e. The summed E-state index contributed by atoms with van der Waals surface area (Å²) in [6.45, 7) is 2.25. The molecule has 100 valence electrons. The van der Waals surface area contributed by atoms with Gasteiger partial charge in [0, 0.05) is 6.54 Å². The summed E-state index contributed by atoms with van der Waals surface area (Å²) in [5.41, 5.74) is 1.98. The van der Waals surface area contributed by atoms with Crippen LogP contribution in [0.1, 0.15) is 21.7 Å². The standard InChI is InChI=1S/C13H16N4O2/c1-9-12(16-17-15-9)13(18)14-8-7-10-5-3-4-6-11(10)19-2/h3-6H,7-8H2,1-2H3,(H,14,18)(H,15,16,17). The van der Waals surface area contributed by atoms with E-state index < -0.39 is 0 Å². The Balaban J connectivity index is 1.90. The van der Waals surface area contributed by atoms with E-state index in [9.17, 15) is 4.79 Å². The van der Waals surface area contributed by atoms with Gasteiger partial charge in [-0.05, 0) is 25.0 Å². The molecule has 0 spiro atoms. The third-order valence-corrected chi connectivity index (χ3v) is 2.81. The normalized spacial score (nSPS) is 10.2. The molecule has 1 aromatic heterocycles. The summed E-state index contributed by atoms with van der Waals surface area (Å²) in [4.78, 5) is 11.8. The summed E-state index contributed by atoms with van der Waals surface area (Å²) >= 11 is 0. The number of carbonyl (C=O) groups is 1. The molecule has 19 heavy (non-hydrogen) atoms. The lowest BCUT2D eigenvalue weighted by Gasteiger charge is -2.08. The van der Waals surface area contributed by atoms with E-state index >= 15 is 0 Å². The molecule has 6 heteroatoms. The number of para-hydroxylation sites is 1. The van der Waals surface area contributed by atoms with Gasteiger partial charge >= 0.3 is 0 Å². The van der Waals surface area contributed by atoms with Crippen LogP contribution < -0.4 is 10.1 Å². The Bertz CT molecular complexity index is 565. The maximum atomic E-state index is 11.8. The van der Waals surface area contributed by atoms with Gasteiger partial charge in [0.25, 0.3) is 5.91 Å². The second-order valence-electron chi connectivity index (χ2n) is 4.08. The smallest absolute Gasteiger partial charge is 0.273 e. The highest BCUT2D eigenvalue weighted by molar-refractivity contribution is 5.93. The molecule has 0 saturated carbocycles. The number of aromatic amines is 1. The number of aryl methyl sites for hydroxylation is 1. The van der Waals surface area contributed by atoms with Crippen molar-refractivity contribution in [3.05, 3.63) is 41.2 Å². The van der Waals surface area contributed by atoms with E-state index in [1.807, 2.05) is 24.3 Å². The van der Waals surface area contributed by atoms with Gasteiger partial charge in [0.1, 0.15) is 5.75 Å². The Morgan fingerprint density at radius 1 is 1.37 bits per heavy atom. The van der Waals surface area contributed by atoms with Crippen molar-refractivity contribution in [3.8, 4) is 5.75 Å². The van der Waals surface area contributed by atoms with Crippen LogP contribution in [0.3, 0.4) is 0 Å². The molecule has 0 aliphatic heterocycles. The molecule has 0 aliphatic carbocycles. The van der Waals surface area contributed by atoms with Crippen LogP contribution in [-0.4, -0.2) is 35.0 Å². The quantitative estimate of drug-likeness (QED) is 0.843. The molecule has 0 bridgehead atoms. The summed E-state index contributed by atoms with van der Waals surface area (Å²) in [6, 6.07) is 7.74. The lowest BCUT2D eigenvalue weighted by atomic mass is 10.1. The number of ether oxygens (including phenoxy) is 1. The van der Waals surface area contributed by atoms with Gasteiger partial charge in [0.15, 0.2) is 5.69 Å². The van der Waals surface area contributed by atoms with Gasteiger partial charge in [-0.15, -0.1) is 0 Å². The fourth-order valence-electron chi connectivity index (χ4n) is 1.80. The molecule has 1 heterocycles. The molecule has 0 unspecified atom stereocenters. The Kier molecular flexibility index (Phi) is 4.12. The van der Waals surface area contributed by atoms with E-state index in [1.165, 1.54) is 0 Å². The first-order chi connectivity index (χ1) is 9.22. The number of hydrogen-bond donors (Lipinski definition) is 2. The fraction of sp³-hybridized carbons (Fsp3) is 0.308. The second kappa shape index (κ2) is 5.99. The van der Waals surface area contributed by atoms with Crippen molar-refractivity contribution < 1.29 is 9.53 Å². The van der Waals surface area contributed by atoms with Gasteiger partial charge in [0.2, 0.25) is 0 Å². The van der Waals surface area contributed by atoms with Crippen LogP contribution in [0, 0.1) is 6.92 Å². The van der Waals surface area contributed by atoms with Crippen molar-refractivity contribution in [2.45, 2.75) is 13.3 Å². The number of nitrogens with zero attached hydrogens (tertiary/aromatic N) is 2. The summed E-state index contributed by atoms with van der Waals surface area (Å²) in [5, 5.41) is 12.8.